The first kappa shape index (κ1) is 25.4. The number of ether oxygens (including phenoxy) is 2. The van der Waals surface area contributed by atoms with Crippen LogP contribution < -0.4 is 0 Å². The number of carbonyl (C=O) groups excluding carboxylic acids is 1. The Morgan fingerprint density at radius 1 is 0.885 bits per heavy atom. The topological polar surface area (TPSA) is 35.5 Å². The quantitative estimate of drug-likeness (QED) is 0.420. The molecule has 4 atom stereocenters. The van der Waals surface area contributed by atoms with Gasteiger partial charge in [-0.05, 0) is 57.8 Å². The van der Waals surface area contributed by atoms with Crippen molar-refractivity contribution in [1.82, 2.24) is 0 Å². The molecule has 0 radical (unpaired) electrons. The lowest BCUT2D eigenvalue weighted by Gasteiger charge is -2.45. The molecule has 0 saturated carbocycles. The normalized spacial score (nSPS) is 20.0. The van der Waals surface area contributed by atoms with Gasteiger partial charge in [-0.25, -0.2) is 0 Å². The van der Waals surface area contributed by atoms with Gasteiger partial charge in [0.25, 0.3) is 0 Å². The lowest BCUT2D eigenvalue weighted by Crippen LogP contribution is -2.48. The van der Waals surface area contributed by atoms with Crippen LogP contribution in [0.4, 0.5) is 0 Å². The molecule has 3 nitrogen and oxygen atoms in total. The number of hydrogen-bond acceptors (Lipinski definition) is 3. The van der Waals surface area contributed by atoms with Crippen LogP contribution in [0.1, 0.15) is 109 Å². The molecule has 0 saturated heterocycles. The van der Waals surface area contributed by atoms with Gasteiger partial charge in [0.1, 0.15) is 5.60 Å². The summed E-state index contributed by atoms with van der Waals surface area (Å²) in [6.45, 7) is 25.4. The van der Waals surface area contributed by atoms with Gasteiger partial charge in [0.2, 0.25) is 0 Å². The smallest absolute Gasteiger partial charge is 0.312 e. The molecule has 3 heteroatoms. The van der Waals surface area contributed by atoms with E-state index < -0.39 is 11.0 Å². The fourth-order valence-corrected chi connectivity index (χ4v) is 3.45. The van der Waals surface area contributed by atoms with Crippen LogP contribution in [0.15, 0.2) is 0 Å². The summed E-state index contributed by atoms with van der Waals surface area (Å²) in [5, 5.41) is 0. The molecule has 0 fully saturated rings. The lowest BCUT2D eigenvalue weighted by atomic mass is 9.61. The monoisotopic (exact) mass is 370 g/mol. The lowest BCUT2D eigenvalue weighted by molar-refractivity contribution is -0.184. The predicted octanol–water partition coefficient (Wildman–Crippen LogP) is 6.78. The Hall–Kier alpha value is -0.570. The van der Waals surface area contributed by atoms with Crippen LogP contribution in [0.25, 0.3) is 0 Å². The van der Waals surface area contributed by atoms with E-state index >= 15 is 0 Å². The van der Waals surface area contributed by atoms with Crippen LogP contribution in [0, 0.1) is 16.2 Å². The molecule has 0 bridgehead atoms. The second-order valence-electron chi connectivity index (χ2n) is 10.9. The molecular formula is C23H46O3. The second-order valence-corrected chi connectivity index (χ2v) is 10.9. The third kappa shape index (κ3) is 7.58. The van der Waals surface area contributed by atoms with Crippen LogP contribution >= 0.6 is 0 Å². The molecule has 0 rings (SSSR count). The first-order valence-electron chi connectivity index (χ1n) is 10.4. The maximum atomic E-state index is 13.4. The Kier molecular flexibility index (Phi) is 8.88. The van der Waals surface area contributed by atoms with E-state index in [1.165, 1.54) is 0 Å². The van der Waals surface area contributed by atoms with Crippen LogP contribution in [0.3, 0.4) is 0 Å². The summed E-state index contributed by atoms with van der Waals surface area (Å²) in [7, 11) is 0. The molecule has 0 amide bonds. The molecule has 0 heterocycles. The summed E-state index contributed by atoms with van der Waals surface area (Å²) in [4.78, 5) is 13.4. The van der Waals surface area contributed by atoms with E-state index in [2.05, 4.69) is 76.2 Å². The van der Waals surface area contributed by atoms with Gasteiger partial charge in [0.15, 0.2) is 0 Å². The summed E-state index contributed by atoms with van der Waals surface area (Å²) in [6.07, 6.45) is 3.56. The summed E-state index contributed by atoms with van der Waals surface area (Å²) in [6, 6.07) is 0. The average molecular weight is 371 g/mol. The van der Waals surface area contributed by atoms with Gasteiger partial charge in [-0.2, -0.15) is 0 Å². The van der Waals surface area contributed by atoms with E-state index in [1.807, 2.05) is 6.92 Å². The Bertz CT molecular complexity index is 443. The molecule has 0 aliphatic heterocycles. The van der Waals surface area contributed by atoms with Crippen molar-refractivity contribution in [2.24, 2.45) is 16.2 Å². The van der Waals surface area contributed by atoms with Crippen molar-refractivity contribution < 1.29 is 14.3 Å². The third-order valence-corrected chi connectivity index (χ3v) is 5.84. The van der Waals surface area contributed by atoms with Crippen LogP contribution in [-0.4, -0.2) is 23.8 Å². The second kappa shape index (κ2) is 9.08. The highest BCUT2D eigenvalue weighted by atomic mass is 16.6. The Labute approximate surface area is 163 Å². The van der Waals surface area contributed by atoms with E-state index in [1.54, 1.807) is 0 Å². The van der Waals surface area contributed by atoms with E-state index in [-0.39, 0.29) is 29.0 Å². The van der Waals surface area contributed by atoms with Crippen molar-refractivity contribution in [3.63, 3.8) is 0 Å². The number of carbonyl (C=O) groups is 1. The fraction of sp³-hybridized carbons (Fsp3) is 0.957. The largest absolute Gasteiger partial charge is 0.459 e. The zero-order chi connectivity index (χ0) is 21.0. The Balaban J connectivity index is 5.40. The first-order chi connectivity index (χ1) is 11.5. The number of rotatable bonds is 9. The molecule has 156 valence electrons. The van der Waals surface area contributed by atoms with E-state index in [9.17, 15) is 4.79 Å². The summed E-state index contributed by atoms with van der Waals surface area (Å²) >= 11 is 0. The van der Waals surface area contributed by atoms with Crippen molar-refractivity contribution in [2.45, 2.75) is 127 Å². The van der Waals surface area contributed by atoms with E-state index in [0.717, 1.165) is 25.7 Å². The molecule has 0 N–H and O–H groups in total. The molecular weight excluding hydrogens is 324 g/mol. The first-order valence-corrected chi connectivity index (χ1v) is 10.4. The number of hydrogen-bond donors (Lipinski definition) is 0. The zero-order valence-electron chi connectivity index (χ0n) is 19.7. The molecule has 26 heavy (non-hydrogen) atoms. The SMILES string of the molecule is CCC(C)OC(C)CC(C)(CC)OC(=O)C(C)(CC(C)(C)C)C(C)(C)C. The van der Waals surface area contributed by atoms with Crippen molar-refractivity contribution >= 4 is 5.97 Å². The minimum Gasteiger partial charge on any atom is -0.459 e. The maximum absolute atomic E-state index is 13.4. The standard InChI is InChI=1S/C23H46O3/c1-13-17(3)25-18(4)15-22(11,14-2)26-19(24)23(12,21(8,9)10)16-20(5,6)7/h17-18H,13-16H2,1-12H3. The highest BCUT2D eigenvalue weighted by Crippen LogP contribution is 2.48. The zero-order valence-corrected chi connectivity index (χ0v) is 19.7. The van der Waals surface area contributed by atoms with Gasteiger partial charge < -0.3 is 9.47 Å². The molecule has 0 aliphatic carbocycles. The Morgan fingerprint density at radius 2 is 1.38 bits per heavy atom. The highest BCUT2D eigenvalue weighted by Gasteiger charge is 2.49. The van der Waals surface area contributed by atoms with Crippen molar-refractivity contribution in [3.8, 4) is 0 Å². The average Bonchev–Trinajstić information content (AvgIpc) is 2.43. The molecule has 0 spiro atoms. The Morgan fingerprint density at radius 3 is 1.73 bits per heavy atom. The maximum Gasteiger partial charge on any atom is 0.312 e. The van der Waals surface area contributed by atoms with Crippen molar-refractivity contribution in [1.29, 1.82) is 0 Å². The van der Waals surface area contributed by atoms with Gasteiger partial charge in [-0.1, -0.05) is 55.4 Å². The minimum absolute atomic E-state index is 0.0522. The van der Waals surface area contributed by atoms with Gasteiger partial charge in [-0.3, -0.25) is 4.79 Å². The minimum atomic E-state index is -0.539. The molecule has 4 unspecified atom stereocenters. The van der Waals surface area contributed by atoms with Gasteiger partial charge in [0, 0.05) is 6.42 Å². The van der Waals surface area contributed by atoms with Crippen molar-refractivity contribution in [3.05, 3.63) is 0 Å². The fourth-order valence-electron chi connectivity index (χ4n) is 3.45. The van der Waals surface area contributed by atoms with E-state index in [4.69, 9.17) is 9.47 Å². The summed E-state index contributed by atoms with van der Waals surface area (Å²) in [5.41, 5.74) is -1.17. The highest BCUT2D eigenvalue weighted by molar-refractivity contribution is 5.78. The van der Waals surface area contributed by atoms with Gasteiger partial charge in [0.05, 0.1) is 17.6 Å². The summed E-state index contributed by atoms with van der Waals surface area (Å²) in [5.74, 6) is -0.0833. The van der Waals surface area contributed by atoms with Gasteiger partial charge >= 0.3 is 5.97 Å². The van der Waals surface area contributed by atoms with Crippen LogP contribution in [-0.2, 0) is 14.3 Å². The van der Waals surface area contributed by atoms with E-state index in [0.29, 0.717) is 0 Å². The summed E-state index contributed by atoms with van der Waals surface area (Å²) < 4.78 is 12.2. The molecule has 0 aromatic heterocycles. The molecule has 0 aromatic carbocycles. The molecule has 0 aliphatic rings. The third-order valence-electron chi connectivity index (χ3n) is 5.84. The van der Waals surface area contributed by atoms with Gasteiger partial charge in [-0.15, -0.1) is 0 Å². The van der Waals surface area contributed by atoms with Crippen LogP contribution in [0.2, 0.25) is 0 Å². The molecule has 0 aromatic rings. The number of esters is 1. The predicted molar refractivity (Wildman–Crippen MR) is 111 cm³/mol. The van der Waals surface area contributed by atoms with Crippen LogP contribution in [0.5, 0.6) is 0 Å². The van der Waals surface area contributed by atoms with Crippen molar-refractivity contribution in [2.75, 3.05) is 0 Å².